The first-order valence-electron chi connectivity index (χ1n) is 3.74. The molecule has 3 heteroatoms. The van der Waals surface area contributed by atoms with Crippen LogP contribution in [0.25, 0.3) is 0 Å². The average Bonchev–Trinajstić information content (AvgIpc) is 2.03. The third-order valence-corrected chi connectivity index (χ3v) is 2.17. The van der Waals surface area contributed by atoms with Crippen LogP contribution in [0.3, 0.4) is 0 Å². The molecule has 0 saturated heterocycles. The molecule has 0 spiro atoms. The van der Waals surface area contributed by atoms with Crippen LogP contribution in [0.15, 0.2) is 0 Å². The highest BCUT2D eigenvalue weighted by Gasteiger charge is 1.87. The summed E-state index contributed by atoms with van der Waals surface area (Å²) in [6.45, 7) is 1.91. The van der Waals surface area contributed by atoms with Crippen LogP contribution in [0, 0.1) is 12.3 Å². The first-order valence-corrected chi connectivity index (χ1v) is 4.90. The summed E-state index contributed by atoms with van der Waals surface area (Å²) in [6, 6.07) is 0. The highest BCUT2D eigenvalue weighted by molar-refractivity contribution is 7.99. The molecule has 0 bridgehead atoms. The van der Waals surface area contributed by atoms with Crippen LogP contribution < -0.4 is 5.32 Å². The normalized spacial score (nSPS) is 9.45. The fourth-order valence-corrected chi connectivity index (χ4v) is 1.40. The Kier molecular flexibility index (Phi) is 9.68. The molecule has 0 heterocycles. The molecule has 0 atom stereocenters. The maximum Gasteiger partial charge on any atom is 0.0574 e. The predicted octanol–water partition coefficient (Wildman–Crippen LogP) is 0.325. The van der Waals surface area contributed by atoms with Gasteiger partial charge >= 0.3 is 0 Å². The highest BCUT2D eigenvalue weighted by atomic mass is 32.2. The lowest BCUT2D eigenvalue weighted by molar-refractivity contribution is 0.296. The minimum atomic E-state index is 0.296. The van der Waals surface area contributed by atoms with E-state index in [0.29, 0.717) is 13.2 Å². The monoisotopic (exact) mass is 173 g/mol. The van der Waals surface area contributed by atoms with E-state index in [1.165, 1.54) is 0 Å². The molecule has 0 aromatic heterocycles. The molecule has 0 aromatic carbocycles. The summed E-state index contributed by atoms with van der Waals surface area (Å²) in [4.78, 5) is 0. The Labute approximate surface area is 72.8 Å². The predicted molar refractivity (Wildman–Crippen MR) is 50.7 cm³/mol. The lowest BCUT2D eigenvalue weighted by Crippen LogP contribution is -2.17. The largest absolute Gasteiger partial charge is 0.396 e. The van der Waals surface area contributed by atoms with Gasteiger partial charge in [-0.1, -0.05) is 5.92 Å². The quantitative estimate of drug-likeness (QED) is 0.430. The van der Waals surface area contributed by atoms with Crippen molar-refractivity contribution in [3.05, 3.63) is 0 Å². The molecule has 0 saturated carbocycles. The van der Waals surface area contributed by atoms with E-state index in [2.05, 4.69) is 11.2 Å². The second-order valence-electron chi connectivity index (χ2n) is 2.07. The van der Waals surface area contributed by atoms with Crippen LogP contribution in [0.4, 0.5) is 0 Å². The molecule has 64 valence electrons. The number of terminal acetylenes is 1. The van der Waals surface area contributed by atoms with Crippen LogP contribution in [-0.2, 0) is 0 Å². The number of rotatable bonds is 7. The molecule has 0 aromatic rings. The molecule has 0 rings (SSSR count). The lowest BCUT2D eigenvalue weighted by atomic mass is 10.5. The number of hydrogen-bond donors (Lipinski definition) is 2. The number of aliphatic hydroxyl groups excluding tert-OH is 1. The minimum Gasteiger partial charge on any atom is -0.396 e. The first-order chi connectivity index (χ1) is 5.41. The van der Waals surface area contributed by atoms with Gasteiger partial charge in [0.05, 0.1) is 6.54 Å². The second-order valence-corrected chi connectivity index (χ2v) is 3.30. The van der Waals surface area contributed by atoms with E-state index < -0.39 is 0 Å². The van der Waals surface area contributed by atoms with E-state index in [1.54, 1.807) is 0 Å². The number of nitrogens with one attached hydrogen (secondary N) is 1. The van der Waals surface area contributed by atoms with Crippen molar-refractivity contribution in [1.29, 1.82) is 0 Å². The fourth-order valence-electron chi connectivity index (χ4n) is 0.574. The van der Waals surface area contributed by atoms with Gasteiger partial charge in [0.1, 0.15) is 0 Å². The number of thioether (sulfide) groups is 1. The van der Waals surface area contributed by atoms with Gasteiger partial charge in [-0.2, -0.15) is 11.8 Å². The zero-order chi connectivity index (χ0) is 8.36. The Balaban J connectivity index is 2.75. The van der Waals surface area contributed by atoms with Crippen LogP contribution >= 0.6 is 11.8 Å². The van der Waals surface area contributed by atoms with Gasteiger partial charge in [0, 0.05) is 18.9 Å². The van der Waals surface area contributed by atoms with Crippen LogP contribution in [0.5, 0.6) is 0 Å². The molecule has 0 aliphatic heterocycles. The Morgan fingerprint density at radius 1 is 1.45 bits per heavy atom. The molecule has 2 nitrogen and oxygen atoms in total. The second kappa shape index (κ2) is 9.83. The summed E-state index contributed by atoms with van der Waals surface area (Å²) in [5.41, 5.74) is 0. The Bertz CT molecular complexity index is 111. The number of hydrogen-bond acceptors (Lipinski definition) is 3. The van der Waals surface area contributed by atoms with Crippen molar-refractivity contribution in [2.45, 2.75) is 6.42 Å². The standard InChI is InChI=1S/C8H15NOS/c1-2-4-9-5-8-11-7-3-6-10/h1,9-10H,3-8H2. The van der Waals surface area contributed by atoms with Gasteiger partial charge in [-0.3, -0.25) is 0 Å². The van der Waals surface area contributed by atoms with Crippen molar-refractivity contribution in [2.24, 2.45) is 0 Å². The van der Waals surface area contributed by atoms with E-state index in [4.69, 9.17) is 11.5 Å². The maximum atomic E-state index is 8.45. The van der Waals surface area contributed by atoms with Gasteiger partial charge in [-0.15, -0.1) is 6.42 Å². The summed E-state index contributed by atoms with van der Waals surface area (Å²) < 4.78 is 0. The summed E-state index contributed by atoms with van der Waals surface area (Å²) in [5.74, 6) is 4.62. The van der Waals surface area contributed by atoms with Gasteiger partial charge < -0.3 is 10.4 Å². The Morgan fingerprint density at radius 3 is 2.91 bits per heavy atom. The molecule has 0 fully saturated rings. The van der Waals surface area contributed by atoms with Gasteiger partial charge in [0.25, 0.3) is 0 Å². The highest BCUT2D eigenvalue weighted by Crippen LogP contribution is 1.99. The third kappa shape index (κ3) is 9.83. The summed E-state index contributed by atoms with van der Waals surface area (Å²) >= 11 is 1.84. The van der Waals surface area contributed by atoms with Crippen molar-refractivity contribution in [1.82, 2.24) is 5.32 Å². The van der Waals surface area contributed by atoms with Crippen LogP contribution in [0.1, 0.15) is 6.42 Å². The van der Waals surface area contributed by atoms with Crippen molar-refractivity contribution < 1.29 is 5.11 Å². The molecular weight excluding hydrogens is 158 g/mol. The summed E-state index contributed by atoms with van der Waals surface area (Å²) in [5, 5.41) is 11.5. The summed E-state index contributed by atoms with van der Waals surface area (Å²) in [6.07, 6.45) is 5.93. The zero-order valence-electron chi connectivity index (χ0n) is 6.68. The molecule has 0 radical (unpaired) electrons. The first kappa shape index (κ1) is 10.8. The topological polar surface area (TPSA) is 32.3 Å². The van der Waals surface area contributed by atoms with E-state index >= 15 is 0 Å². The zero-order valence-corrected chi connectivity index (χ0v) is 7.49. The van der Waals surface area contributed by atoms with Gasteiger partial charge in [-0.25, -0.2) is 0 Å². The minimum absolute atomic E-state index is 0.296. The molecule has 0 unspecified atom stereocenters. The third-order valence-electron chi connectivity index (χ3n) is 1.10. The molecule has 0 aliphatic carbocycles. The average molecular weight is 173 g/mol. The van der Waals surface area contributed by atoms with Crippen LogP contribution in [-0.4, -0.2) is 36.3 Å². The smallest absolute Gasteiger partial charge is 0.0574 e. The van der Waals surface area contributed by atoms with Crippen molar-refractivity contribution in [2.75, 3.05) is 31.2 Å². The van der Waals surface area contributed by atoms with Crippen LogP contribution in [0.2, 0.25) is 0 Å². The Hall–Kier alpha value is -0.170. The molecular formula is C8H15NOS. The Morgan fingerprint density at radius 2 is 2.27 bits per heavy atom. The van der Waals surface area contributed by atoms with E-state index in [9.17, 15) is 0 Å². The maximum absolute atomic E-state index is 8.45. The van der Waals surface area contributed by atoms with Crippen molar-refractivity contribution in [3.63, 3.8) is 0 Å². The van der Waals surface area contributed by atoms with Gasteiger partial charge in [0.2, 0.25) is 0 Å². The van der Waals surface area contributed by atoms with Crippen molar-refractivity contribution in [3.8, 4) is 12.3 Å². The van der Waals surface area contributed by atoms with E-state index in [1.807, 2.05) is 11.8 Å². The SMILES string of the molecule is C#CCNCCSCCCO. The fraction of sp³-hybridized carbons (Fsp3) is 0.750. The molecule has 0 amide bonds. The number of aliphatic hydroxyl groups is 1. The summed E-state index contributed by atoms with van der Waals surface area (Å²) in [7, 11) is 0. The molecule has 11 heavy (non-hydrogen) atoms. The van der Waals surface area contributed by atoms with Gasteiger partial charge in [-0.05, 0) is 12.2 Å². The molecule has 2 N–H and O–H groups in total. The molecule has 0 aliphatic rings. The van der Waals surface area contributed by atoms with Gasteiger partial charge in [0.15, 0.2) is 0 Å². The van der Waals surface area contributed by atoms with E-state index in [0.717, 1.165) is 24.5 Å². The van der Waals surface area contributed by atoms with E-state index in [-0.39, 0.29) is 0 Å². The van der Waals surface area contributed by atoms with Crippen molar-refractivity contribution >= 4 is 11.8 Å². The lowest BCUT2D eigenvalue weighted by Gasteiger charge is -1.99.